The van der Waals surface area contributed by atoms with Gasteiger partial charge < -0.3 is 19.2 Å². The van der Waals surface area contributed by atoms with Gasteiger partial charge in [-0.05, 0) is 42.8 Å². The predicted molar refractivity (Wildman–Crippen MR) is 107 cm³/mol. The number of hydrogen-bond acceptors (Lipinski definition) is 7. The van der Waals surface area contributed by atoms with E-state index in [-0.39, 0.29) is 18.0 Å². The molecule has 144 valence electrons. The van der Waals surface area contributed by atoms with Gasteiger partial charge in [-0.25, -0.2) is 0 Å². The van der Waals surface area contributed by atoms with E-state index >= 15 is 0 Å². The van der Waals surface area contributed by atoms with Crippen LogP contribution in [0.4, 0.5) is 0 Å². The number of aromatic nitrogens is 2. The Hall–Kier alpha value is -2.52. The summed E-state index contributed by atoms with van der Waals surface area (Å²) in [6.07, 6.45) is 0. The molecule has 1 atom stereocenters. The van der Waals surface area contributed by atoms with Crippen LogP contribution in [0.1, 0.15) is 12.5 Å². The van der Waals surface area contributed by atoms with Crippen LogP contribution in [0.5, 0.6) is 11.5 Å². The highest BCUT2D eigenvalue weighted by Crippen LogP contribution is 2.32. The molecule has 1 unspecified atom stereocenters. The third-order valence-corrected chi connectivity index (χ3v) is 5.46. The molecule has 7 nitrogen and oxygen atoms in total. The molecule has 0 fully saturated rings. The van der Waals surface area contributed by atoms with Crippen molar-refractivity contribution < 1.29 is 18.7 Å². The zero-order chi connectivity index (χ0) is 19.5. The number of thioether (sulfide) groups is 1. The highest BCUT2D eigenvalue weighted by Gasteiger charge is 2.19. The Morgan fingerprint density at radius 3 is 2.93 bits per heavy atom. The van der Waals surface area contributed by atoms with Crippen LogP contribution < -0.4 is 14.8 Å². The van der Waals surface area contributed by atoms with E-state index in [1.54, 1.807) is 6.92 Å². The van der Waals surface area contributed by atoms with Crippen molar-refractivity contribution in [3.05, 3.63) is 52.5 Å². The molecule has 1 amide bonds. The summed E-state index contributed by atoms with van der Waals surface area (Å²) in [7, 11) is 0. The molecule has 3 aromatic rings. The first kappa shape index (κ1) is 18.8. The summed E-state index contributed by atoms with van der Waals surface area (Å²) >= 11 is 4.63. The second-order valence-electron chi connectivity index (χ2n) is 6.05. The number of fused-ring (bicyclic) bond motifs is 1. The highest BCUT2D eigenvalue weighted by atomic mass is 79.9. The topological polar surface area (TPSA) is 86.5 Å². The summed E-state index contributed by atoms with van der Waals surface area (Å²) in [5.41, 5.74) is 1.75. The predicted octanol–water partition coefficient (Wildman–Crippen LogP) is 4.02. The fourth-order valence-corrected chi connectivity index (χ4v) is 3.69. The summed E-state index contributed by atoms with van der Waals surface area (Å²) < 4.78 is 17.2. The first-order valence-corrected chi connectivity index (χ1v) is 10.2. The molecule has 2 heterocycles. The van der Waals surface area contributed by atoms with Crippen molar-refractivity contribution in [3.8, 4) is 23.0 Å². The molecule has 0 spiro atoms. The average molecular weight is 462 g/mol. The zero-order valence-corrected chi connectivity index (χ0v) is 17.2. The molecule has 0 radical (unpaired) electrons. The molecule has 2 aromatic carbocycles. The lowest BCUT2D eigenvalue weighted by atomic mass is 10.2. The highest BCUT2D eigenvalue weighted by molar-refractivity contribution is 9.10. The van der Waals surface area contributed by atoms with Crippen LogP contribution in [0.3, 0.4) is 0 Å². The van der Waals surface area contributed by atoms with E-state index in [1.807, 2.05) is 42.5 Å². The first-order chi connectivity index (χ1) is 13.6. The third kappa shape index (κ3) is 4.31. The van der Waals surface area contributed by atoms with Gasteiger partial charge in [0.25, 0.3) is 5.22 Å². The Morgan fingerprint density at radius 1 is 1.21 bits per heavy atom. The number of benzene rings is 2. The van der Waals surface area contributed by atoms with Gasteiger partial charge in [0.05, 0.1) is 5.25 Å². The molecule has 0 saturated heterocycles. The number of nitrogens with zero attached hydrogens (tertiary/aromatic N) is 2. The molecule has 0 bridgehead atoms. The number of carbonyl (C=O) groups excluding carboxylic acids is 1. The van der Waals surface area contributed by atoms with Gasteiger partial charge in [0.15, 0.2) is 11.5 Å². The molecule has 28 heavy (non-hydrogen) atoms. The van der Waals surface area contributed by atoms with Gasteiger partial charge in [-0.1, -0.05) is 39.8 Å². The van der Waals surface area contributed by atoms with Gasteiger partial charge >= 0.3 is 0 Å². The van der Waals surface area contributed by atoms with Crippen molar-refractivity contribution in [1.29, 1.82) is 0 Å². The minimum Gasteiger partial charge on any atom is -0.454 e. The van der Waals surface area contributed by atoms with E-state index in [4.69, 9.17) is 13.9 Å². The maximum atomic E-state index is 12.4. The lowest BCUT2D eigenvalue weighted by Crippen LogP contribution is -2.30. The van der Waals surface area contributed by atoms with E-state index in [0.29, 0.717) is 23.4 Å². The third-order valence-electron chi connectivity index (χ3n) is 4.03. The smallest absolute Gasteiger partial charge is 0.277 e. The van der Waals surface area contributed by atoms with Gasteiger partial charge in [0, 0.05) is 16.6 Å². The molecule has 0 saturated carbocycles. The zero-order valence-electron chi connectivity index (χ0n) is 14.8. The number of hydrogen-bond donors (Lipinski definition) is 1. The Bertz CT molecular complexity index is 1010. The van der Waals surface area contributed by atoms with Crippen LogP contribution >= 0.6 is 27.7 Å². The van der Waals surface area contributed by atoms with Crippen molar-refractivity contribution in [2.75, 3.05) is 6.79 Å². The molecular weight excluding hydrogens is 446 g/mol. The molecule has 1 aliphatic rings. The van der Waals surface area contributed by atoms with Gasteiger partial charge in [0.2, 0.25) is 18.6 Å². The average Bonchev–Trinajstić information content (AvgIpc) is 3.35. The number of amides is 1. The normalized spacial score (nSPS) is 13.4. The van der Waals surface area contributed by atoms with Gasteiger partial charge in [-0.15, -0.1) is 10.2 Å². The summed E-state index contributed by atoms with van der Waals surface area (Å²) in [6.45, 7) is 2.42. The minimum atomic E-state index is -0.384. The van der Waals surface area contributed by atoms with Gasteiger partial charge in [-0.2, -0.15) is 0 Å². The van der Waals surface area contributed by atoms with Crippen LogP contribution in [0.15, 0.2) is 56.6 Å². The van der Waals surface area contributed by atoms with Crippen LogP contribution in [0.25, 0.3) is 11.5 Å². The van der Waals surface area contributed by atoms with E-state index in [9.17, 15) is 4.79 Å². The number of halogens is 1. The van der Waals surface area contributed by atoms with Crippen LogP contribution in [0, 0.1) is 0 Å². The van der Waals surface area contributed by atoms with Crippen molar-refractivity contribution >= 4 is 33.6 Å². The standard InChI is InChI=1S/C19H16BrN3O4S/c1-11(17(24)21-9-12-5-6-15-16(7-12)26-10-25-15)28-19-23-22-18(27-19)13-3-2-4-14(20)8-13/h2-8,11H,9-10H2,1H3,(H,21,24). The fourth-order valence-electron chi connectivity index (χ4n) is 2.58. The Kier molecular flexibility index (Phi) is 5.54. The second-order valence-corrected chi connectivity index (χ2v) is 8.26. The Labute approximate surface area is 173 Å². The monoisotopic (exact) mass is 461 g/mol. The summed E-state index contributed by atoms with van der Waals surface area (Å²) in [5, 5.41) is 10.9. The quantitative estimate of drug-likeness (QED) is 0.554. The van der Waals surface area contributed by atoms with Crippen LogP contribution in [-0.2, 0) is 11.3 Å². The fraction of sp³-hybridized carbons (Fsp3) is 0.211. The Morgan fingerprint density at radius 2 is 2.07 bits per heavy atom. The van der Waals surface area contributed by atoms with E-state index < -0.39 is 0 Å². The van der Waals surface area contributed by atoms with Crippen molar-refractivity contribution in [2.45, 2.75) is 23.9 Å². The second kappa shape index (κ2) is 8.24. The van der Waals surface area contributed by atoms with Crippen molar-refractivity contribution in [2.24, 2.45) is 0 Å². The van der Waals surface area contributed by atoms with Gasteiger partial charge in [0.1, 0.15) is 0 Å². The number of rotatable bonds is 6. The lowest BCUT2D eigenvalue weighted by molar-refractivity contribution is -0.120. The van der Waals surface area contributed by atoms with E-state index in [0.717, 1.165) is 21.3 Å². The maximum absolute atomic E-state index is 12.4. The molecule has 1 N–H and O–H groups in total. The number of ether oxygens (including phenoxy) is 2. The SMILES string of the molecule is CC(Sc1nnc(-c2cccc(Br)c2)o1)C(=O)NCc1ccc2c(c1)OCO2. The van der Waals surface area contributed by atoms with E-state index in [1.165, 1.54) is 11.8 Å². The molecule has 4 rings (SSSR count). The molecule has 1 aromatic heterocycles. The largest absolute Gasteiger partial charge is 0.454 e. The molecule has 0 aliphatic carbocycles. The summed E-state index contributed by atoms with van der Waals surface area (Å²) in [6, 6.07) is 13.2. The molecular formula is C19H16BrN3O4S. The lowest BCUT2D eigenvalue weighted by Gasteiger charge is -2.10. The van der Waals surface area contributed by atoms with E-state index in [2.05, 4.69) is 31.4 Å². The van der Waals surface area contributed by atoms with Gasteiger partial charge in [-0.3, -0.25) is 4.79 Å². The van der Waals surface area contributed by atoms with Crippen LogP contribution in [-0.4, -0.2) is 28.1 Å². The summed E-state index contributed by atoms with van der Waals surface area (Å²) in [5.74, 6) is 1.71. The molecule has 9 heteroatoms. The van der Waals surface area contributed by atoms with Crippen molar-refractivity contribution in [3.63, 3.8) is 0 Å². The van der Waals surface area contributed by atoms with Crippen LogP contribution in [0.2, 0.25) is 0 Å². The van der Waals surface area contributed by atoms with Crippen molar-refractivity contribution in [1.82, 2.24) is 15.5 Å². The Balaban J connectivity index is 1.33. The minimum absolute atomic E-state index is 0.120. The summed E-state index contributed by atoms with van der Waals surface area (Å²) in [4.78, 5) is 12.4. The molecule has 1 aliphatic heterocycles. The first-order valence-electron chi connectivity index (χ1n) is 8.51. The number of nitrogens with one attached hydrogen (secondary N) is 1. The number of carbonyl (C=O) groups is 1. The maximum Gasteiger partial charge on any atom is 0.277 e.